The zero-order chi connectivity index (χ0) is 17.7. The summed E-state index contributed by atoms with van der Waals surface area (Å²) >= 11 is 5.87. The van der Waals surface area contributed by atoms with Gasteiger partial charge in [-0.3, -0.25) is 0 Å². The normalized spacial score (nSPS) is 11.8. The number of benzene rings is 2. The molecule has 4 nitrogen and oxygen atoms in total. The predicted octanol–water partition coefficient (Wildman–Crippen LogP) is 3.97. The molecule has 124 valence electrons. The van der Waals surface area contributed by atoms with E-state index in [2.05, 4.69) is 0 Å². The molecule has 0 bridgehead atoms. The van der Waals surface area contributed by atoms with Crippen molar-refractivity contribution in [3.63, 3.8) is 0 Å². The van der Waals surface area contributed by atoms with Gasteiger partial charge in [-0.05, 0) is 41.5 Å². The van der Waals surface area contributed by atoms with Gasteiger partial charge in [0.2, 0.25) is 0 Å². The SMILES string of the molecule is COc1ccc(CS(=O)(=O)/C(C#N)=C/c2ccc(F)cc2Cl)cc1. The van der Waals surface area contributed by atoms with Gasteiger partial charge in [-0.2, -0.15) is 5.26 Å². The van der Waals surface area contributed by atoms with Crippen LogP contribution in [0.3, 0.4) is 0 Å². The van der Waals surface area contributed by atoms with E-state index in [1.54, 1.807) is 30.3 Å². The number of hydrogen-bond acceptors (Lipinski definition) is 4. The fourth-order valence-corrected chi connectivity index (χ4v) is 3.42. The van der Waals surface area contributed by atoms with Gasteiger partial charge in [-0.15, -0.1) is 0 Å². The molecule has 24 heavy (non-hydrogen) atoms. The zero-order valence-electron chi connectivity index (χ0n) is 12.7. The first-order valence-corrected chi connectivity index (χ1v) is 8.81. The summed E-state index contributed by atoms with van der Waals surface area (Å²) in [4.78, 5) is -0.438. The van der Waals surface area contributed by atoms with Crippen molar-refractivity contribution in [1.29, 1.82) is 5.26 Å². The molecule has 0 heterocycles. The Labute approximate surface area is 144 Å². The second-order valence-electron chi connectivity index (χ2n) is 4.89. The second kappa shape index (κ2) is 7.47. The lowest BCUT2D eigenvalue weighted by atomic mass is 10.2. The van der Waals surface area contributed by atoms with Crippen LogP contribution in [0.2, 0.25) is 5.02 Å². The summed E-state index contributed by atoms with van der Waals surface area (Å²) in [5, 5.41) is 9.22. The molecule has 0 radical (unpaired) electrons. The Kier molecular flexibility index (Phi) is 5.60. The molecule has 0 aromatic heterocycles. The van der Waals surface area contributed by atoms with Gasteiger partial charge in [0.25, 0.3) is 0 Å². The van der Waals surface area contributed by atoms with Crippen LogP contribution in [-0.4, -0.2) is 15.5 Å². The summed E-state index contributed by atoms with van der Waals surface area (Å²) in [6, 6.07) is 11.7. The minimum atomic E-state index is -3.86. The van der Waals surface area contributed by atoms with Gasteiger partial charge in [0.15, 0.2) is 9.84 Å². The van der Waals surface area contributed by atoms with E-state index in [1.807, 2.05) is 0 Å². The van der Waals surface area contributed by atoms with E-state index in [1.165, 1.54) is 13.2 Å². The average molecular weight is 366 g/mol. The topological polar surface area (TPSA) is 67.2 Å². The summed E-state index contributed by atoms with van der Waals surface area (Å²) in [6.45, 7) is 0. The van der Waals surface area contributed by atoms with E-state index < -0.39 is 20.6 Å². The summed E-state index contributed by atoms with van der Waals surface area (Å²) in [6.07, 6.45) is 1.14. The Balaban J connectivity index is 2.33. The minimum Gasteiger partial charge on any atom is -0.497 e. The van der Waals surface area contributed by atoms with E-state index in [4.69, 9.17) is 16.3 Å². The molecule has 0 fully saturated rings. The maximum Gasteiger partial charge on any atom is 0.192 e. The highest BCUT2D eigenvalue weighted by molar-refractivity contribution is 7.95. The molecule has 0 unspecified atom stereocenters. The van der Waals surface area contributed by atoms with Crippen LogP contribution < -0.4 is 4.74 Å². The fourth-order valence-electron chi connectivity index (χ4n) is 1.97. The number of allylic oxidation sites excluding steroid dienone is 1. The highest BCUT2D eigenvalue weighted by Gasteiger charge is 2.19. The number of halogens is 2. The van der Waals surface area contributed by atoms with Gasteiger partial charge >= 0.3 is 0 Å². The van der Waals surface area contributed by atoms with Gasteiger partial charge in [0, 0.05) is 0 Å². The van der Waals surface area contributed by atoms with E-state index in [0.29, 0.717) is 11.3 Å². The van der Waals surface area contributed by atoms with Crippen LogP contribution >= 0.6 is 11.6 Å². The average Bonchev–Trinajstić information content (AvgIpc) is 2.54. The van der Waals surface area contributed by atoms with Crippen LogP contribution in [0.5, 0.6) is 5.75 Å². The molecule has 0 saturated heterocycles. The number of methoxy groups -OCH3 is 1. The second-order valence-corrected chi connectivity index (χ2v) is 7.26. The van der Waals surface area contributed by atoms with E-state index in [-0.39, 0.29) is 16.3 Å². The molecule has 0 saturated carbocycles. The van der Waals surface area contributed by atoms with Crippen molar-refractivity contribution in [3.8, 4) is 11.8 Å². The van der Waals surface area contributed by atoms with Crippen LogP contribution in [0.15, 0.2) is 47.4 Å². The molecule has 0 spiro atoms. The number of hydrogen-bond donors (Lipinski definition) is 0. The lowest BCUT2D eigenvalue weighted by Gasteiger charge is -2.05. The van der Waals surface area contributed by atoms with Gasteiger partial charge in [-0.1, -0.05) is 29.8 Å². The van der Waals surface area contributed by atoms with Gasteiger partial charge in [0.1, 0.15) is 22.5 Å². The first kappa shape index (κ1) is 18.0. The zero-order valence-corrected chi connectivity index (χ0v) is 14.2. The lowest BCUT2D eigenvalue weighted by molar-refractivity contribution is 0.414. The van der Waals surface area contributed by atoms with Crippen LogP contribution in [0.1, 0.15) is 11.1 Å². The summed E-state index contributed by atoms with van der Waals surface area (Å²) in [5.74, 6) is -0.281. The van der Waals surface area contributed by atoms with Crippen LogP contribution in [0, 0.1) is 17.1 Å². The number of nitriles is 1. The van der Waals surface area contributed by atoms with Gasteiger partial charge in [-0.25, -0.2) is 12.8 Å². The van der Waals surface area contributed by atoms with Crippen molar-refractivity contribution in [2.45, 2.75) is 5.75 Å². The third kappa shape index (κ3) is 4.34. The highest BCUT2D eigenvalue weighted by atomic mass is 35.5. The smallest absolute Gasteiger partial charge is 0.192 e. The Morgan fingerprint density at radius 3 is 2.50 bits per heavy atom. The lowest BCUT2D eigenvalue weighted by Crippen LogP contribution is -2.06. The number of ether oxygens (including phenoxy) is 1. The third-order valence-corrected chi connectivity index (χ3v) is 5.13. The fraction of sp³-hybridized carbons (Fsp3) is 0.118. The van der Waals surface area contributed by atoms with E-state index in [0.717, 1.165) is 18.2 Å². The Bertz CT molecular complexity index is 916. The maximum absolute atomic E-state index is 13.1. The number of rotatable bonds is 5. The van der Waals surface area contributed by atoms with Crippen molar-refractivity contribution in [1.82, 2.24) is 0 Å². The predicted molar refractivity (Wildman–Crippen MR) is 90.6 cm³/mol. The van der Waals surface area contributed by atoms with Crippen LogP contribution in [0.4, 0.5) is 4.39 Å². The summed E-state index contributed by atoms with van der Waals surface area (Å²) < 4.78 is 42.9. The van der Waals surface area contributed by atoms with Crippen molar-refractivity contribution in [2.24, 2.45) is 0 Å². The van der Waals surface area contributed by atoms with E-state index in [9.17, 15) is 18.1 Å². The first-order valence-electron chi connectivity index (χ1n) is 6.78. The number of nitrogens with zero attached hydrogens (tertiary/aromatic N) is 1. The first-order chi connectivity index (χ1) is 11.4. The summed E-state index contributed by atoms with van der Waals surface area (Å²) in [5.41, 5.74) is 0.773. The van der Waals surface area contributed by atoms with Crippen molar-refractivity contribution in [2.75, 3.05) is 7.11 Å². The Hall–Kier alpha value is -2.36. The quantitative estimate of drug-likeness (QED) is 0.752. The van der Waals surface area contributed by atoms with Crippen LogP contribution in [0.25, 0.3) is 6.08 Å². The van der Waals surface area contributed by atoms with Crippen molar-refractivity contribution in [3.05, 3.63) is 69.3 Å². The Morgan fingerprint density at radius 2 is 1.96 bits per heavy atom. The molecule has 0 atom stereocenters. The third-order valence-electron chi connectivity index (χ3n) is 3.21. The molecule has 2 aromatic rings. The molecule has 0 aliphatic carbocycles. The van der Waals surface area contributed by atoms with Crippen LogP contribution in [-0.2, 0) is 15.6 Å². The largest absolute Gasteiger partial charge is 0.497 e. The monoisotopic (exact) mass is 365 g/mol. The highest BCUT2D eigenvalue weighted by Crippen LogP contribution is 2.23. The molecule has 0 aliphatic heterocycles. The maximum atomic E-state index is 13.1. The molecule has 0 amide bonds. The minimum absolute atomic E-state index is 0.0300. The van der Waals surface area contributed by atoms with Gasteiger partial charge < -0.3 is 4.74 Å². The molecular weight excluding hydrogens is 353 g/mol. The van der Waals surface area contributed by atoms with E-state index >= 15 is 0 Å². The standard InChI is InChI=1S/C17H13ClFNO3S/c1-23-15-6-2-12(3-7-15)11-24(21,22)16(10-20)8-13-4-5-14(19)9-17(13)18/h2-9H,11H2,1H3/b16-8+. The van der Waals surface area contributed by atoms with Crippen molar-refractivity contribution >= 4 is 27.5 Å². The Morgan fingerprint density at radius 1 is 1.29 bits per heavy atom. The van der Waals surface area contributed by atoms with Crippen molar-refractivity contribution < 1.29 is 17.5 Å². The molecule has 7 heteroatoms. The number of sulfone groups is 1. The molecule has 0 N–H and O–H groups in total. The summed E-state index contributed by atoms with van der Waals surface area (Å²) in [7, 11) is -2.35. The molecule has 2 aromatic carbocycles. The molecule has 2 rings (SSSR count). The molecule has 0 aliphatic rings. The van der Waals surface area contributed by atoms with Gasteiger partial charge in [0.05, 0.1) is 17.9 Å². The molecular formula is C17H13ClFNO3S.